The molecule has 1 rings (SSSR count). The molecule has 1 atom stereocenters. The van der Waals surface area contributed by atoms with Crippen LogP contribution in [0.2, 0.25) is 0 Å². The summed E-state index contributed by atoms with van der Waals surface area (Å²) in [6.45, 7) is 3.64. The molecule has 0 amide bonds. The van der Waals surface area contributed by atoms with Crippen LogP contribution in [-0.2, 0) is 0 Å². The van der Waals surface area contributed by atoms with Crippen molar-refractivity contribution in [1.29, 1.82) is 0 Å². The zero-order valence-corrected chi connectivity index (χ0v) is 7.78. The third-order valence-electron chi connectivity index (χ3n) is 1.57. The Morgan fingerprint density at radius 2 is 2.08 bits per heavy atom. The average Bonchev–Trinajstić information content (AvgIpc) is 2.15. The molecule has 0 fully saturated rings. The largest absolute Gasteiger partial charge is 0.384 e. The number of hydrogen-bond acceptors (Lipinski definition) is 3. The lowest BCUT2D eigenvalue weighted by molar-refractivity contribution is 0.173. The van der Waals surface area contributed by atoms with E-state index in [1.54, 1.807) is 19.3 Å². The molecule has 0 aliphatic carbocycles. The normalized spacial score (nSPS) is 11.6. The Hall–Kier alpha value is -1.40. The third kappa shape index (κ3) is 2.85. The summed E-state index contributed by atoms with van der Waals surface area (Å²) in [4.78, 5) is 8.00. The SMILES string of the molecule is CC#CCC(O)c1ncc(C)cn1. The second-order valence-corrected chi connectivity index (χ2v) is 2.77. The van der Waals surface area contributed by atoms with E-state index in [0.29, 0.717) is 12.2 Å². The van der Waals surface area contributed by atoms with E-state index in [1.807, 2.05) is 6.92 Å². The smallest absolute Gasteiger partial charge is 0.157 e. The maximum absolute atomic E-state index is 9.52. The van der Waals surface area contributed by atoms with Gasteiger partial charge in [-0.25, -0.2) is 9.97 Å². The van der Waals surface area contributed by atoms with Crippen LogP contribution in [0.4, 0.5) is 0 Å². The molecular formula is C10H12N2O. The zero-order chi connectivity index (χ0) is 9.68. The van der Waals surface area contributed by atoms with Gasteiger partial charge in [0.15, 0.2) is 5.82 Å². The molecule has 0 aliphatic heterocycles. The molecule has 0 saturated heterocycles. The molecule has 0 aliphatic rings. The fraction of sp³-hybridized carbons (Fsp3) is 0.400. The summed E-state index contributed by atoms with van der Waals surface area (Å²) < 4.78 is 0. The number of rotatable bonds is 2. The number of hydrogen-bond donors (Lipinski definition) is 1. The summed E-state index contributed by atoms with van der Waals surface area (Å²) in [6, 6.07) is 0. The molecule has 1 aromatic rings. The van der Waals surface area contributed by atoms with Gasteiger partial charge in [-0.2, -0.15) is 0 Å². The molecule has 1 unspecified atom stereocenters. The van der Waals surface area contributed by atoms with Crippen LogP contribution in [0.15, 0.2) is 12.4 Å². The van der Waals surface area contributed by atoms with E-state index in [0.717, 1.165) is 5.56 Å². The summed E-state index contributed by atoms with van der Waals surface area (Å²) in [7, 11) is 0. The lowest BCUT2D eigenvalue weighted by atomic mass is 10.2. The van der Waals surface area contributed by atoms with Crippen LogP contribution in [0.1, 0.15) is 30.8 Å². The monoisotopic (exact) mass is 176 g/mol. The molecule has 0 saturated carbocycles. The van der Waals surface area contributed by atoms with Crippen molar-refractivity contribution in [3.05, 3.63) is 23.8 Å². The van der Waals surface area contributed by atoms with E-state index in [1.165, 1.54) is 0 Å². The summed E-state index contributed by atoms with van der Waals surface area (Å²) in [6.07, 6.45) is 3.09. The topological polar surface area (TPSA) is 46.0 Å². The standard InChI is InChI=1S/C10H12N2O/c1-3-4-5-9(13)10-11-6-8(2)7-12-10/h6-7,9,13H,5H2,1-2H3. The number of aliphatic hydroxyl groups is 1. The van der Waals surface area contributed by atoms with Crippen LogP contribution >= 0.6 is 0 Å². The fourth-order valence-electron chi connectivity index (χ4n) is 0.865. The second-order valence-electron chi connectivity index (χ2n) is 2.77. The van der Waals surface area contributed by atoms with Crippen LogP contribution in [-0.4, -0.2) is 15.1 Å². The Kier molecular flexibility index (Phi) is 3.41. The van der Waals surface area contributed by atoms with E-state index in [4.69, 9.17) is 0 Å². The lowest BCUT2D eigenvalue weighted by Gasteiger charge is -2.04. The molecule has 3 nitrogen and oxygen atoms in total. The van der Waals surface area contributed by atoms with Crippen molar-refractivity contribution in [2.75, 3.05) is 0 Å². The number of aromatic nitrogens is 2. The van der Waals surface area contributed by atoms with Gasteiger partial charge in [-0.05, 0) is 19.4 Å². The molecular weight excluding hydrogens is 164 g/mol. The van der Waals surface area contributed by atoms with Crippen molar-refractivity contribution in [2.24, 2.45) is 0 Å². The van der Waals surface area contributed by atoms with Gasteiger partial charge in [0.2, 0.25) is 0 Å². The molecule has 0 aromatic carbocycles. The first-order valence-electron chi connectivity index (χ1n) is 4.10. The number of aliphatic hydroxyl groups excluding tert-OH is 1. The predicted molar refractivity (Wildman–Crippen MR) is 49.8 cm³/mol. The zero-order valence-electron chi connectivity index (χ0n) is 7.78. The Morgan fingerprint density at radius 1 is 1.46 bits per heavy atom. The van der Waals surface area contributed by atoms with Gasteiger partial charge < -0.3 is 5.11 Å². The average molecular weight is 176 g/mol. The molecule has 3 heteroatoms. The van der Waals surface area contributed by atoms with Crippen LogP contribution in [0.5, 0.6) is 0 Å². The minimum Gasteiger partial charge on any atom is -0.384 e. The molecule has 0 radical (unpaired) electrons. The molecule has 68 valence electrons. The van der Waals surface area contributed by atoms with Crippen LogP contribution in [0, 0.1) is 18.8 Å². The van der Waals surface area contributed by atoms with Crippen LogP contribution in [0.25, 0.3) is 0 Å². The molecule has 13 heavy (non-hydrogen) atoms. The van der Waals surface area contributed by atoms with E-state index in [9.17, 15) is 5.11 Å². The van der Waals surface area contributed by atoms with Gasteiger partial charge in [-0.1, -0.05) is 0 Å². The summed E-state index contributed by atoms with van der Waals surface area (Å²) in [5.74, 6) is 5.93. The second kappa shape index (κ2) is 4.58. The quantitative estimate of drug-likeness (QED) is 0.689. The first kappa shape index (κ1) is 9.69. The van der Waals surface area contributed by atoms with Gasteiger partial charge in [0.1, 0.15) is 6.10 Å². The van der Waals surface area contributed by atoms with Gasteiger partial charge in [-0.15, -0.1) is 11.8 Å². The molecule has 0 bridgehead atoms. The predicted octanol–water partition coefficient (Wildman–Crippen LogP) is 1.23. The highest BCUT2D eigenvalue weighted by Crippen LogP contribution is 2.09. The first-order valence-corrected chi connectivity index (χ1v) is 4.10. The minimum absolute atomic E-state index is 0.388. The first-order chi connectivity index (χ1) is 6.24. The van der Waals surface area contributed by atoms with Gasteiger partial charge in [0.05, 0.1) is 0 Å². The molecule has 1 heterocycles. The van der Waals surface area contributed by atoms with Gasteiger partial charge in [-0.3, -0.25) is 0 Å². The van der Waals surface area contributed by atoms with E-state index in [2.05, 4.69) is 21.8 Å². The summed E-state index contributed by atoms with van der Waals surface area (Å²) in [5.41, 5.74) is 0.984. The van der Waals surface area contributed by atoms with Crippen molar-refractivity contribution in [3.63, 3.8) is 0 Å². The van der Waals surface area contributed by atoms with Crippen molar-refractivity contribution >= 4 is 0 Å². The van der Waals surface area contributed by atoms with E-state index < -0.39 is 6.10 Å². The Balaban J connectivity index is 2.69. The van der Waals surface area contributed by atoms with Crippen LogP contribution in [0.3, 0.4) is 0 Å². The minimum atomic E-state index is -0.673. The maximum Gasteiger partial charge on any atom is 0.157 e. The fourth-order valence-corrected chi connectivity index (χ4v) is 0.865. The highest BCUT2D eigenvalue weighted by Gasteiger charge is 2.07. The summed E-state index contributed by atoms with van der Waals surface area (Å²) in [5, 5.41) is 9.52. The summed E-state index contributed by atoms with van der Waals surface area (Å²) >= 11 is 0. The molecule has 0 spiro atoms. The third-order valence-corrected chi connectivity index (χ3v) is 1.57. The highest BCUT2D eigenvalue weighted by molar-refractivity contribution is 5.06. The van der Waals surface area contributed by atoms with E-state index >= 15 is 0 Å². The Bertz CT molecular complexity index is 321. The van der Waals surface area contributed by atoms with Crippen molar-refractivity contribution in [1.82, 2.24) is 9.97 Å². The number of nitrogens with zero attached hydrogens (tertiary/aromatic N) is 2. The molecule has 1 N–H and O–H groups in total. The van der Waals surface area contributed by atoms with Crippen molar-refractivity contribution < 1.29 is 5.11 Å². The van der Waals surface area contributed by atoms with Gasteiger partial charge >= 0.3 is 0 Å². The van der Waals surface area contributed by atoms with Gasteiger partial charge in [0.25, 0.3) is 0 Å². The highest BCUT2D eigenvalue weighted by atomic mass is 16.3. The lowest BCUT2D eigenvalue weighted by Crippen LogP contribution is -2.02. The van der Waals surface area contributed by atoms with Crippen molar-refractivity contribution in [3.8, 4) is 11.8 Å². The van der Waals surface area contributed by atoms with Crippen molar-refractivity contribution in [2.45, 2.75) is 26.4 Å². The Labute approximate surface area is 77.9 Å². The Morgan fingerprint density at radius 3 is 2.62 bits per heavy atom. The van der Waals surface area contributed by atoms with E-state index in [-0.39, 0.29) is 0 Å². The van der Waals surface area contributed by atoms with Gasteiger partial charge in [0, 0.05) is 18.8 Å². The van der Waals surface area contributed by atoms with Crippen LogP contribution < -0.4 is 0 Å². The molecule has 1 aromatic heterocycles. The maximum atomic E-state index is 9.52. The number of aryl methyl sites for hydroxylation is 1.